The van der Waals surface area contributed by atoms with Gasteiger partial charge in [0.05, 0.1) is 5.60 Å². The van der Waals surface area contributed by atoms with Gasteiger partial charge < -0.3 is 19.6 Å². The van der Waals surface area contributed by atoms with Crippen molar-refractivity contribution in [3.8, 4) is 5.75 Å². The van der Waals surface area contributed by atoms with Gasteiger partial charge in [0, 0.05) is 19.6 Å². The van der Waals surface area contributed by atoms with Gasteiger partial charge in [-0.2, -0.15) is 0 Å². The number of likely N-dealkylation sites (tertiary alicyclic amines) is 1. The van der Waals surface area contributed by atoms with Crippen LogP contribution in [0.5, 0.6) is 5.75 Å². The second-order valence-corrected chi connectivity index (χ2v) is 8.59. The van der Waals surface area contributed by atoms with Crippen molar-refractivity contribution in [3.05, 3.63) is 30.1 Å². The van der Waals surface area contributed by atoms with Gasteiger partial charge in [-0.15, -0.1) is 0 Å². The van der Waals surface area contributed by atoms with Crippen molar-refractivity contribution < 1.29 is 19.0 Å². The molecule has 1 aliphatic carbocycles. The lowest BCUT2D eigenvalue weighted by atomic mass is 9.64. The fourth-order valence-corrected chi connectivity index (χ4v) is 4.49. The Hall–Kier alpha value is -1.66. The van der Waals surface area contributed by atoms with E-state index in [9.17, 15) is 14.3 Å². The van der Waals surface area contributed by atoms with Crippen LogP contribution in [0.25, 0.3) is 0 Å². The van der Waals surface area contributed by atoms with Gasteiger partial charge >= 0.3 is 0 Å². The topological polar surface area (TPSA) is 53.0 Å². The molecule has 1 spiro atoms. The number of hydrogen-bond donors (Lipinski definition) is 1. The quantitative estimate of drug-likeness (QED) is 0.856. The zero-order valence-electron chi connectivity index (χ0n) is 16.4. The third-order valence-electron chi connectivity index (χ3n) is 6.20. The molecule has 6 heteroatoms. The molecule has 0 aromatic heterocycles. The van der Waals surface area contributed by atoms with Crippen LogP contribution in [0.15, 0.2) is 24.3 Å². The predicted molar refractivity (Wildman–Crippen MR) is 102 cm³/mol. The van der Waals surface area contributed by atoms with E-state index in [1.807, 2.05) is 19.0 Å². The van der Waals surface area contributed by atoms with Gasteiger partial charge in [-0.3, -0.25) is 4.79 Å². The summed E-state index contributed by atoms with van der Waals surface area (Å²) in [4.78, 5) is 16.3. The van der Waals surface area contributed by atoms with Gasteiger partial charge in [-0.25, -0.2) is 4.39 Å². The van der Waals surface area contributed by atoms with Crippen molar-refractivity contribution >= 4 is 5.91 Å². The summed E-state index contributed by atoms with van der Waals surface area (Å²) in [7, 11) is 4.00. The van der Waals surface area contributed by atoms with Crippen molar-refractivity contribution in [2.24, 2.45) is 5.41 Å². The number of amides is 1. The monoisotopic (exact) mass is 378 g/mol. The first-order chi connectivity index (χ1) is 12.8. The highest BCUT2D eigenvalue weighted by molar-refractivity contribution is 5.77. The molecule has 1 N–H and O–H groups in total. The Labute approximate surface area is 161 Å². The Balaban J connectivity index is 1.44. The van der Waals surface area contributed by atoms with Crippen LogP contribution < -0.4 is 4.74 Å². The van der Waals surface area contributed by atoms with E-state index in [1.54, 1.807) is 0 Å². The van der Waals surface area contributed by atoms with Gasteiger partial charge in [0.2, 0.25) is 0 Å². The minimum Gasteiger partial charge on any atom is -0.484 e. The molecule has 1 saturated carbocycles. The standard InChI is InChI=1S/C21H31FN2O3/c1-23(2)16-21(26)9-7-20(8-10-21)11-13-24(14-12-20)19(25)15-27-18-5-3-17(22)4-6-18/h3-6,26H,7-16H2,1-2H3. The number of hydrogen-bond acceptors (Lipinski definition) is 4. The van der Waals surface area contributed by atoms with Crippen molar-refractivity contribution in [2.75, 3.05) is 40.3 Å². The van der Waals surface area contributed by atoms with Crippen molar-refractivity contribution in [2.45, 2.75) is 44.1 Å². The lowest BCUT2D eigenvalue weighted by Crippen LogP contribution is -2.50. The summed E-state index contributed by atoms with van der Waals surface area (Å²) in [5.41, 5.74) is -0.294. The molecule has 150 valence electrons. The number of aliphatic hydroxyl groups is 1. The van der Waals surface area contributed by atoms with Gasteiger partial charge in [0.25, 0.3) is 5.91 Å². The van der Waals surface area contributed by atoms with E-state index >= 15 is 0 Å². The van der Waals surface area contributed by atoms with E-state index in [4.69, 9.17) is 4.74 Å². The number of ether oxygens (including phenoxy) is 1. The molecule has 0 unspecified atom stereocenters. The van der Waals surface area contributed by atoms with E-state index in [0.29, 0.717) is 12.3 Å². The van der Waals surface area contributed by atoms with Crippen LogP contribution in [-0.4, -0.2) is 66.8 Å². The first kappa shape index (κ1) is 20.1. The Morgan fingerprint density at radius 3 is 2.26 bits per heavy atom. The zero-order chi connectivity index (χ0) is 19.5. The molecule has 2 aliphatic rings. The van der Waals surface area contributed by atoms with Crippen LogP contribution in [0.3, 0.4) is 0 Å². The van der Waals surface area contributed by atoms with E-state index in [1.165, 1.54) is 24.3 Å². The van der Waals surface area contributed by atoms with Crippen LogP contribution in [-0.2, 0) is 4.79 Å². The molecule has 3 rings (SSSR count). The van der Waals surface area contributed by atoms with Gasteiger partial charge in [-0.05, 0) is 82.3 Å². The summed E-state index contributed by atoms with van der Waals surface area (Å²) in [6.07, 6.45) is 5.73. The average Bonchev–Trinajstić information content (AvgIpc) is 2.64. The summed E-state index contributed by atoms with van der Waals surface area (Å²) in [5.74, 6) is 0.166. The molecule has 0 bridgehead atoms. The summed E-state index contributed by atoms with van der Waals surface area (Å²) < 4.78 is 18.4. The fourth-order valence-electron chi connectivity index (χ4n) is 4.49. The van der Waals surface area contributed by atoms with Crippen LogP contribution in [0.2, 0.25) is 0 Å². The lowest BCUT2D eigenvalue weighted by Gasteiger charge is -2.48. The highest BCUT2D eigenvalue weighted by Gasteiger charge is 2.43. The molecule has 0 atom stereocenters. The molecule has 1 aromatic rings. The minimum atomic E-state index is -0.565. The first-order valence-electron chi connectivity index (χ1n) is 9.83. The molecule has 1 amide bonds. The van der Waals surface area contributed by atoms with Gasteiger partial charge in [0.15, 0.2) is 6.61 Å². The second kappa shape index (κ2) is 8.15. The number of rotatable bonds is 5. The van der Waals surface area contributed by atoms with E-state index in [-0.39, 0.29) is 23.7 Å². The maximum absolute atomic E-state index is 12.9. The molecular formula is C21H31FN2O3. The van der Waals surface area contributed by atoms with Crippen molar-refractivity contribution in [1.82, 2.24) is 9.80 Å². The molecular weight excluding hydrogens is 347 g/mol. The van der Waals surface area contributed by atoms with Crippen LogP contribution in [0.4, 0.5) is 4.39 Å². The van der Waals surface area contributed by atoms with Crippen LogP contribution in [0.1, 0.15) is 38.5 Å². The Morgan fingerprint density at radius 1 is 1.11 bits per heavy atom. The Bertz CT molecular complexity index is 629. The maximum Gasteiger partial charge on any atom is 0.260 e. The minimum absolute atomic E-state index is 0.0127. The molecule has 0 radical (unpaired) electrons. The van der Waals surface area contributed by atoms with E-state index in [0.717, 1.165) is 51.6 Å². The van der Waals surface area contributed by atoms with Gasteiger partial charge in [-0.1, -0.05) is 0 Å². The van der Waals surface area contributed by atoms with E-state index < -0.39 is 5.60 Å². The summed E-state index contributed by atoms with van der Waals surface area (Å²) in [5, 5.41) is 10.7. The molecule has 1 aromatic carbocycles. The number of carbonyl (C=O) groups excluding carboxylic acids is 1. The highest BCUT2D eigenvalue weighted by atomic mass is 19.1. The SMILES string of the molecule is CN(C)CC1(O)CCC2(CCN(C(=O)COc3ccc(F)cc3)CC2)CC1. The molecule has 1 saturated heterocycles. The fraction of sp³-hybridized carbons (Fsp3) is 0.667. The number of nitrogens with zero attached hydrogens (tertiary/aromatic N) is 2. The smallest absolute Gasteiger partial charge is 0.260 e. The summed E-state index contributed by atoms with van der Waals surface area (Å²) in [6.45, 7) is 2.20. The van der Waals surface area contributed by atoms with Crippen molar-refractivity contribution in [1.29, 1.82) is 0 Å². The van der Waals surface area contributed by atoms with Crippen LogP contribution >= 0.6 is 0 Å². The Kier molecular flexibility index (Phi) is 6.06. The lowest BCUT2D eigenvalue weighted by molar-refractivity contribution is -0.137. The van der Waals surface area contributed by atoms with E-state index in [2.05, 4.69) is 4.90 Å². The number of carbonyl (C=O) groups is 1. The third kappa shape index (κ3) is 5.20. The molecule has 27 heavy (non-hydrogen) atoms. The maximum atomic E-state index is 12.9. The normalized spacial score (nSPS) is 21.4. The van der Waals surface area contributed by atoms with Gasteiger partial charge in [0.1, 0.15) is 11.6 Å². The molecule has 1 heterocycles. The third-order valence-corrected chi connectivity index (χ3v) is 6.20. The van der Waals surface area contributed by atoms with Crippen LogP contribution in [0, 0.1) is 11.2 Å². The number of likely N-dealkylation sites (N-methyl/N-ethyl adjacent to an activating group) is 1. The molecule has 2 fully saturated rings. The largest absolute Gasteiger partial charge is 0.484 e. The predicted octanol–water partition coefficient (Wildman–Crippen LogP) is 2.68. The highest BCUT2D eigenvalue weighted by Crippen LogP contribution is 2.47. The second-order valence-electron chi connectivity index (χ2n) is 8.59. The number of benzene rings is 1. The number of piperidine rings is 1. The average molecular weight is 378 g/mol. The molecule has 5 nitrogen and oxygen atoms in total. The Morgan fingerprint density at radius 2 is 1.70 bits per heavy atom. The number of halogens is 1. The zero-order valence-corrected chi connectivity index (χ0v) is 16.4. The summed E-state index contributed by atoms with van der Waals surface area (Å²) >= 11 is 0. The summed E-state index contributed by atoms with van der Waals surface area (Å²) in [6, 6.07) is 5.71. The van der Waals surface area contributed by atoms with Crippen molar-refractivity contribution in [3.63, 3.8) is 0 Å². The first-order valence-corrected chi connectivity index (χ1v) is 9.83. The molecule has 1 aliphatic heterocycles.